The minimum absolute atomic E-state index is 0.144. The number of rotatable bonds is 8. The van der Waals surface area contributed by atoms with Gasteiger partial charge in [-0.1, -0.05) is 69.3 Å². The van der Waals surface area contributed by atoms with Crippen molar-refractivity contribution in [3.63, 3.8) is 0 Å². The molecule has 3 aromatic carbocycles. The number of carbonyl (C=O) groups is 1. The number of nitrogens with two attached hydrogens (primary N) is 1. The van der Waals surface area contributed by atoms with Crippen molar-refractivity contribution >= 4 is 25.0 Å². The minimum Gasteiger partial charge on any atom is -0.413 e. The van der Waals surface area contributed by atoms with Crippen molar-refractivity contribution in [2.24, 2.45) is 5.73 Å². The van der Waals surface area contributed by atoms with Gasteiger partial charge in [-0.05, 0) is 76.6 Å². The molecule has 0 radical (unpaired) electrons. The Labute approximate surface area is 212 Å². The Bertz CT molecular complexity index is 1260. The number of hydrogen-bond acceptors (Lipinski definition) is 2. The number of fused-ring (bicyclic) bond motifs is 1. The molecular formula is C29H34F3NO2Si. The fraction of sp³-hybridized carbons (Fsp3) is 0.345. The molecular weight excluding hydrogens is 479 g/mol. The first-order valence-electron chi connectivity index (χ1n) is 12.0. The van der Waals surface area contributed by atoms with Gasteiger partial charge in [-0.25, -0.2) is 0 Å². The molecule has 0 heterocycles. The summed E-state index contributed by atoms with van der Waals surface area (Å²) in [6, 6.07) is 14.3. The van der Waals surface area contributed by atoms with Crippen molar-refractivity contribution in [2.45, 2.75) is 57.9 Å². The molecule has 0 fully saturated rings. The predicted octanol–water partition coefficient (Wildman–Crippen LogP) is 8.14. The Balaban J connectivity index is 1.87. The molecule has 0 bridgehead atoms. The predicted molar refractivity (Wildman–Crippen MR) is 144 cm³/mol. The van der Waals surface area contributed by atoms with Crippen LogP contribution in [0.4, 0.5) is 13.2 Å². The maximum Gasteiger partial charge on any atom is 0.416 e. The van der Waals surface area contributed by atoms with Crippen LogP contribution in [-0.4, -0.2) is 20.8 Å². The van der Waals surface area contributed by atoms with E-state index in [4.69, 9.17) is 10.2 Å². The van der Waals surface area contributed by atoms with Gasteiger partial charge in [0.15, 0.2) is 8.32 Å². The second kappa shape index (κ2) is 10.6. The van der Waals surface area contributed by atoms with Crippen LogP contribution >= 0.6 is 0 Å². The van der Waals surface area contributed by atoms with Crippen molar-refractivity contribution in [1.82, 2.24) is 0 Å². The monoisotopic (exact) mass is 513 g/mol. The van der Waals surface area contributed by atoms with Crippen molar-refractivity contribution in [3.05, 3.63) is 83.4 Å². The lowest BCUT2D eigenvalue weighted by molar-refractivity contribution is -0.137. The molecule has 3 nitrogen and oxygen atoms in total. The van der Waals surface area contributed by atoms with Crippen LogP contribution in [0.15, 0.2) is 66.7 Å². The average molecular weight is 514 g/mol. The summed E-state index contributed by atoms with van der Waals surface area (Å²) < 4.78 is 45.2. The van der Waals surface area contributed by atoms with Crippen LogP contribution in [0.3, 0.4) is 0 Å². The summed E-state index contributed by atoms with van der Waals surface area (Å²) >= 11 is 0. The highest BCUT2D eigenvalue weighted by atomic mass is 28.4. The van der Waals surface area contributed by atoms with E-state index in [-0.39, 0.29) is 5.04 Å². The van der Waals surface area contributed by atoms with Crippen LogP contribution < -0.4 is 5.73 Å². The maximum absolute atomic E-state index is 13.0. The first-order valence-corrected chi connectivity index (χ1v) is 14.9. The normalized spacial score (nSPS) is 13.0. The second-order valence-electron chi connectivity index (χ2n) is 10.5. The molecule has 0 atom stereocenters. The molecule has 0 spiro atoms. The Hall–Kier alpha value is -2.90. The highest BCUT2D eigenvalue weighted by Gasteiger charge is 2.36. The van der Waals surface area contributed by atoms with Crippen molar-refractivity contribution in [3.8, 4) is 11.1 Å². The highest BCUT2D eigenvalue weighted by molar-refractivity contribution is 6.74. The Morgan fingerprint density at radius 2 is 1.61 bits per heavy atom. The van der Waals surface area contributed by atoms with Gasteiger partial charge in [0.05, 0.1) is 12.2 Å². The van der Waals surface area contributed by atoms with Gasteiger partial charge in [-0.3, -0.25) is 4.79 Å². The third-order valence-corrected chi connectivity index (χ3v) is 11.5. The molecule has 3 rings (SSSR count). The van der Waals surface area contributed by atoms with E-state index in [1.807, 2.05) is 30.3 Å². The van der Waals surface area contributed by atoms with E-state index in [1.54, 1.807) is 6.07 Å². The first-order chi connectivity index (χ1) is 16.7. The third-order valence-electron chi connectivity index (χ3n) is 7.04. The number of carbonyl (C=O) groups excluding carboxylic acids is 1. The van der Waals surface area contributed by atoms with Crippen LogP contribution in [0.5, 0.6) is 0 Å². The Morgan fingerprint density at radius 3 is 2.19 bits per heavy atom. The Morgan fingerprint density at radius 1 is 0.944 bits per heavy atom. The van der Waals surface area contributed by atoms with Crippen LogP contribution in [0, 0.1) is 0 Å². The minimum atomic E-state index is -4.38. The molecule has 0 saturated carbocycles. The number of alkyl halides is 3. The molecule has 0 saturated heterocycles. The summed E-state index contributed by atoms with van der Waals surface area (Å²) in [5.41, 5.74) is 7.76. The molecule has 0 aliphatic carbocycles. The SMILES string of the molecule is CC(C)(C)[Si](C)(C)OC/C=C\CCc1c(C(N)=O)ccc2c(-c3ccc(C(F)(F)F)cc3)cccc12. The standard InChI is InChI=1S/C29H34F3NO2Si/c1-28(2,3)36(4,5)35-19-8-6-7-10-24-23-12-9-11-22(25(23)17-18-26(24)27(33)34)20-13-15-21(16-14-20)29(30,31)32/h6,8-9,11-18H,7,10,19H2,1-5H3,(H2,33,34)/b8-6-. The Kier molecular flexibility index (Phi) is 8.16. The fourth-order valence-electron chi connectivity index (χ4n) is 3.90. The van der Waals surface area contributed by atoms with E-state index in [1.165, 1.54) is 12.1 Å². The summed E-state index contributed by atoms with van der Waals surface area (Å²) in [5.74, 6) is -0.503. The highest BCUT2D eigenvalue weighted by Crippen LogP contribution is 2.37. The number of benzene rings is 3. The summed E-state index contributed by atoms with van der Waals surface area (Å²) in [4.78, 5) is 12.2. The van der Waals surface area contributed by atoms with Crippen LogP contribution in [0.2, 0.25) is 18.1 Å². The molecule has 36 heavy (non-hydrogen) atoms. The summed E-state index contributed by atoms with van der Waals surface area (Å²) in [6.07, 6.45) is 0.983. The molecule has 0 aliphatic rings. The third kappa shape index (κ3) is 6.26. The number of allylic oxidation sites excluding steroid dienone is 1. The first kappa shape index (κ1) is 27.7. The zero-order valence-electron chi connectivity index (χ0n) is 21.5. The fourth-order valence-corrected chi connectivity index (χ4v) is 4.84. The molecule has 1 amide bonds. The van der Waals surface area contributed by atoms with Gasteiger partial charge in [0.2, 0.25) is 5.91 Å². The molecule has 7 heteroatoms. The number of aryl methyl sites for hydroxylation is 1. The van der Waals surface area contributed by atoms with E-state index in [0.29, 0.717) is 30.6 Å². The average Bonchev–Trinajstić information content (AvgIpc) is 2.79. The lowest BCUT2D eigenvalue weighted by Crippen LogP contribution is -2.40. The van der Waals surface area contributed by atoms with E-state index in [0.717, 1.165) is 34.0 Å². The maximum atomic E-state index is 13.0. The lowest BCUT2D eigenvalue weighted by Gasteiger charge is -2.35. The van der Waals surface area contributed by atoms with E-state index in [2.05, 4.69) is 39.9 Å². The van der Waals surface area contributed by atoms with Gasteiger partial charge < -0.3 is 10.2 Å². The molecule has 0 aromatic heterocycles. The summed E-state index contributed by atoms with van der Waals surface area (Å²) in [5, 5.41) is 1.88. The zero-order chi connectivity index (χ0) is 26.7. The number of hydrogen-bond donors (Lipinski definition) is 1. The topological polar surface area (TPSA) is 52.3 Å². The quantitative estimate of drug-likeness (QED) is 0.244. The van der Waals surface area contributed by atoms with Gasteiger partial charge in [-0.2, -0.15) is 13.2 Å². The summed E-state index contributed by atoms with van der Waals surface area (Å²) in [7, 11) is -1.82. The van der Waals surface area contributed by atoms with Crippen LogP contribution in [0.25, 0.3) is 21.9 Å². The van der Waals surface area contributed by atoms with Gasteiger partial charge >= 0.3 is 6.18 Å². The van der Waals surface area contributed by atoms with Crippen molar-refractivity contribution < 1.29 is 22.4 Å². The van der Waals surface area contributed by atoms with Gasteiger partial charge in [0.1, 0.15) is 0 Å². The molecule has 192 valence electrons. The van der Waals surface area contributed by atoms with Crippen molar-refractivity contribution in [1.29, 1.82) is 0 Å². The number of primary amides is 1. The largest absolute Gasteiger partial charge is 0.416 e. The van der Waals surface area contributed by atoms with Gasteiger partial charge in [-0.15, -0.1) is 0 Å². The molecule has 0 unspecified atom stereocenters. The summed E-state index contributed by atoms with van der Waals surface area (Å²) in [6.45, 7) is 11.6. The van der Waals surface area contributed by atoms with E-state index >= 15 is 0 Å². The van der Waals surface area contributed by atoms with Crippen LogP contribution in [0.1, 0.15) is 48.7 Å². The van der Waals surface area contributed by atoms with Gasteiger partial charge in [0, 0.05) is 5.56 Å². The number of halogens is 3. The second-order valence-corrected chi connectivity index (χ2v) is 15.3. The lowest BCUT2D eigenvalue weighted by atomic mass is 9.90. The van der Waals surface area contributed by atoms with E-state index in [9.17, 15) is 18.0 Å². The smallest absolute Gasteiger partial charge is 0.413 e. The van der Waals surface area contributed by atoms with Gasteiger partial charge in [0.25, 0.3) is 0 Å². The van der Waals surface area contributed by atoms with E-state index < -0.39 is 26.0 Å². The molecule has 2 N–H and O–H groups in total. The van der Waals surface area contributed by atoms with Crippen LogP contribution in [-0.2, 0) is 17.0 Å². The molecule has 0 aliphatic heterocycles. The molecule has 3 aromatic rings. The van der Waals surface area contributed by atoms with Crippen molar-refractivity contribution in [2.75, 3.05) is 6.61 Å². The number of amides is 1. The zero-order valence-corrected chi connectivity index (χ0v) is 22.5.